The van der Waals surface area contributed by atoms with E-state index in [1.807, 2.05) is 0 Å². The Hall–Kier alpha value is 2.83. The van der Waals surface area contributed by atoms with Gasteiger partial charge in [-0.3, -0.25) is 0 Å². The fourth-order valence-electron chi connectivity index (χ4n) is 0. The molecular weight excluding hydrogens is 253 g/mol. The van der Waals surface area contributed by atoms with Crippen LogP contribution in [0.3, 0.4) is 0 Å². The number of aliphatic hydroxyl groups is 1. The van der Waals surface area contributed by atoms with Gasteiger partial charge < -0.3 is 5.11 Å². The first-order valence-corrected chi connectivity index (χ1v) is 1.02. The van der Waals surface area contributed by atoms with Crippen LogP contribution >= 0.6 is 49.6 Å². The van der Waals surface area contributed by atoms with Crippen LogP contribution in [0.5, 0.6) is 0 Å². The zero-order valence-electron chi connectivity index (χ0n) is 4.29. The first kappa shape index (κ1) is 59.4. The molecule has 0 aliphatic carbocycles. The maximum Gasteiger partial charge on any atom is 0 e. The quantitative estimate of drug-likeness (QED) is 0.648. The van der Waals surface area contributed by atoms with Crippen molar-refractivity contribution in [3.8, 4) is 0 Å². The van der Waals surface area contributed by atoms with Crippen molar-refractivity contribution in [2.24, 2.45) is 0 Å². The van der Waals surface area contributed by atoms with Gasteiger partial charge in [0.15, 0.2) is 0 Å². The molecule has 9 heavy (non-hydrogen) atoms. The van der Waals surface area contributed by atoms with E-state index in [0.29, 0.717) is 0 Å². The van der Waals surface area contributed by atoms with Gasteiger partial charge in [0.1, 0.15) is 0 Å². The molecule has 0 aliphatic heterocycles. The summed E-state index contributed by atoms with van der Waals surface area (Å²) in [6.45, 7) is 1.93. The van der Waals surface area contributed by atoms with Gasteiger partial charge in [0, 0.05) is 28.3 Å². The Labute approximate surface area is 118 Å². The number of aliphatic hydroxyl groups excluding tert-OH is 1. The van der Waals surface area contributed by atoms with Gasteiger partial charge in [0.25, 0.3) is 0 Å². The minimum absolute atomic E-state index is 0. The van der Waals surface area contributed by atoms with E-state index < -0.39 is 0 Å². The van der Waals surface area contributed by atoms with Crippen molar-refractivity contribution in [1.29, 1.82) is 0 Å². The molecule has 0 heterocycles. The predicted octanol–water partition coefficient (Wildman–Crippen LogP) is 1.03. The largest absolute Gasteiger partial charge is 0 e. The van der Waals surface area contributed by atoms with E-state index in [2.05, 4.69) is 0 Å². The van der Waals surface area contributed by atoms with Crippen LogP contribution in [0.2, 0.25) is 0 Å². The molecular formula is C2H11Cl4NaOTi. The normalized spacial score (nSPS) is 2.00. The summed E-state index contributed by atoms with van der Waals surface area (Å²) in [5, 5.41) is 7.57. The SMILES string of the molecule is CCO.Cl.Cl.Cl.Cl.[NaH].[Ti]. The summed E-state index contributed by atoms with van der Waals surface area (Å²) in [7, 11) is 0. The molecule has 58 valence electrons. The minimum Gasteiger partial charge on any atom is 0 e. The first-order chi connectivity index (χ1) is 1.41. The van der Waals surface area contributed by atoms with Crippen LogP contribution < -0.4 is 0 Å². The third kappa shape index (κ3) is 105. The van der Waals surface area contributed by atoms with Crippen LogP contribution in [0.15, 0.2) is 0 Å². The third-order valence-corrected chi connectivity index (χ3v) is 0. The first-order valence-electron chi connectivity index (χ1n) is 1.02. The number of hydrogen-bond donors (Lipinski definition) is 1. The van der Waals surface area contributed by atoms with Crippen LogP contribution in [-0.2, 0) is 21.7 Å². The van der Waals surface area contributed by atoms with Crippen LogP contribution in [0, 0.1) is 0 Å². The zero-order chi connectivity index (χ0) is 2.71. The third-order valence-electron chi connectivity index (χ3n) is 0. The summed E-state index contributed by atoms with van der Waals surface area (Å²) in [6, 6.07) is 0. The van der Waals surface area contributed by atoms with Gasteiger partial charge in [-0.15, -0.1) is 49.6 Å². The standard InChI is InChI=1S/C2H6O.4ClH.Na.Ti.H/c1-2-3;;;;;;;/h3H,2H2,1H3;4*1H;;;. The molecule has 0 aliphatic rings. The Morgan fingerprint density at radius 3 is 1.00 bits per heavy atom. The Kier molecular flexibility index (Phi) is 471. The van der Waals surface area contributed by atoms with Crippen molar-refractivity contribution < 1.29 is 26.8 Å². The molecule has 0 aromatic heterocycles. The maximum absolute atomic E-state index is 7.57. The van der Waals surface area contributed by atoms with Crippen molar-refractivity contribution in [3.63, 3.8) is 0 Å². The summed E-state index contributed by atoms with van der Waals surface area (Å²) in [5.41, 5.74) is 0. The Bertz CT molecular complexity index is 18.5. The van der Waals surface area contributed by atoms with Gasteiger partial charge in [-0.1, -0.05) is 0 Å². The Balaban J connectivity index is -0.00000000133. The average molecular weight is 264 g/mol. The number of halogens is 4. The maximum atomic E-state index is 7.57. The molecule has 1 N–H and O–H groups in total. The minimum atomic E-state index is 0. The van der Waals surface area contributed by atoms with Crippen molar-refractivity contribution in [2.45, 2.75) is 6.92 Å². The molecule has 0 aromatic rings. The van der Waals surface area contributed by atoms with E-state index >= 15 is 0 Å². The second-order valence-electron chi connectivity index (χ2n) is 0.316. The Morgan fingerprint density at radius 1 is 1.00 bits per heavy atom. The molecule has 0 rings (SSSR count). The summed E-state index contributed by atoms with van der Waals surface area (Å²) in [4.78, 5) is 0. The molecule has 0 aromatic carbocycles. The van der Waals surface area contributed by atoms with E-state index in [0.717, 1.165) is 0 Å². The van der Waals surface area contributed by atoms with E-state index in [-0.39, 0.29) is 108 Å². The number of hydrogen-bond acceptors (Lipinski definition) is 1. The summed E-state index contributed by atoms with van der Waals surface area (Å²) in [5.74, 6) is 0. The van der Waals surface area contributed by atoms with E-state index in [9.17, 15) is 0 Å². The van der Waals surface area contributed by atoms with Crippen LogP contribution in [0.1, 0.15) is 6.92 Å². The Morgan fingerprint density at radius 2 is 1.00 bits per heavy atom. The summed E-state index contributed by atoms with van der Waals surface area (Å²) >= 11 is 0. The van der Waals surface area contributed by atoms with Gasteiger partial charge in [0.05, 0.1) is 0 Å². The molecule has 7 heteroatoms. The smallest absolute Gasteiger partial charge is 0 e. The molecule has 0 atom stereocenters. The van der Waals surface area contributed by atoms with Crippen molar-refractivity contribution in [1.82, 2.24) is 0 Å². The van der Waals surface area contributed by atoms with Crippen molar-refractivity contribution in [3.05, 3.63) is 0 Å². The molecule has 0 saturated heterocycles. The van der Waals surface area contributed by atoms with Gasteiger partial charge in [-0.05, 0) is 6.92 Å². The van der Waals surface area contributed by atoms with E-state index in [4.69, 9.17) is 5.11 Å². The molecule has 0 spiro atoms. The number of rotatable bonds is 0. The monoisotopic (exact) mass is 262 g/mol. The van der Waals surface area contributed by atoms with Crippen LogP contribution in [-0.4, -0.2) is 41.3 Å². The van der Waals surface area contributed by atoms with Gasteiger partial charge >= 0.3 is 29.6 Å². The second-order valence-corrected chi connectivity index (χ2v) is 0.316. The molecule has 0 radical (unpaired) electrons. The van der Waals surface area contributed by atoms with Crippen LogP contribution in [0.4, 0.5) is 0 Å². The predicted molar refractivity (Wildman–Crippen MR) is 48.9 cm³/mol. The molecule has 0 saturated carbocycles. The van der Waals surface area contributed by atoms with Crippen LogP contribution in [0.25, 0.3) is 0 Å². The van der Waals surface area contributed by atoms with Gasteiger partial charge in [-0.2, -0.15) is 0 Å². The second kappa shape index (κ2) is 71.3. The van der Waals surface area contributed by atoms with Gasteiger partial charge in [-0.25, -0.2) is 0 Å². The van der Waals surface area contributed by atoms with Crippen molar-refractivity contribution >= 4 is 79.2 Å². The van der Waals surface area contributed by atoms with E-state index in [1.54, 1.807) is 6.92 Å². The van der Waals surface area contributed by atoms with Crippen molar-refractivity contribution in [2.75, 3.05) is 6.61 Å². The van der Waals surface area contributed by atoms with E-state index in [1.165, 1.54) is 0 Å². The molecule has 0 fully saturated rings. The fourth-order valence-corrected chi connectivity index (χ4v) is 0. The van der Waals surface area contributed by atoms with Gasteiger partial charge in [0.2, 0.25) is 0 Å². The summed E-state index contributed by atoms with van der Waals surface area (Å²) < 4.78 is 0. The molecule has 1 nitrogen and oxygen atoms in total. The molecule has 0 amide bonds. The average Bonchev–Trinajstić information content (AvgIpc) is 0.918. The topological polar surface area (TPSA) is 20.2 Å². The fraction of sp³-hybridized carbons (Fsp3) is 1.00. The zero-order valence-corrected chi connectivity index (χ0v) is 9.11. The molecule has 0 bridgehead atoms. The molecule has 0 unspecified atom stereocenters. The summed E-state index contributed by atoms with van der Waals surface area (Å²) in [6.07, 6.45) is 0.